The van der Waals surface area contributed by atoms with Crippen molar-refractivity contribution < 1.29 is 18.7 Å². The van der Waals surface area contributed by atoms with E-state index in [0.717, 1.165) is 37.0 Å². The highest BCUT2D eigenvalue weighted by atomic mass is 35.5. The second-order valence-electron chi connectivity index (χ2n) is 8.73. The van der Waals surface area contributed by atoms with Crippen LogP contribution in [-0.4, -0.2) is 18.4 Å². The van der Waals surface area contributed by atoms with Crippen LogP contribution in [0.25, 0.3) is 0 Å². The monoisotopic (exact) mass is 393 g/mol. The second kappa shape index (κ2) is 7.42. The summed E-state index contributed by atoms with van der Waals surface area (Å²) in [6, 6.07) is 4.30. The van der Waals surface area contributed by atoms with Crippen LogP contribution in [-0.2, 0) is 20.9 Å². The molecular weight excluding hydrogens is 369 g/mol. The third-order valence-electron chi connectivity index (χ3n) is 6.57. The number of hydrogen-bond acceptors (Lipinski definition) is 3. The summed E-state index contributed by atoms with van der Waals surface area (Å²) in [5, 5.41) is 2.90. The molecule has 4 bridgehead atoms. The van der Waals surface area contributed by atoms with Gasteiger partial charge in [0.25, 0.3) is 0 Å². The standard InChI is InChI=1S/C21H25ClFNO3/c22-17-2-1-3-18(23)16(17)12-27-20(26)11-24-19(25)10-21-7-13-4-14(8-21)6-15(5-13)9-21/h1-3,13-15H,4-12H2,(H,24,25). The maximum atomic E-state index is 13.7. The largest absolute Gasteiger partial charge is 0.459 e. The Morgan fingerprint density at radius 1 is 1.15 bits per heavy atom. The molecule has 5 rings (SSSR count). The molecule has 1 N–H and O–H groups in total. The van der Waals surface area contributed by atoms with Gasteiger partial charge >= 0.3 is 5.97 Å². The van der Waals surface area contributed by atoms with Gasteiger partial charge in [-0.3, -0.25) is 9.59 Å². The predicted molar refractivity (Wildman–Crippen MR) is 99.4 cm³/mol. The summed E-state index contributed by atoms with van der Waals surface area (Å²) >= 11 is 5.91. The Bertz CT molecular complexity index is 695. The van der Waals surface area contributed by atoms with Crippen LogP contribution in [0.3, 0.4) is 0 Å². The third kappa shape index (κ3) is 4.13. The molecule has 0 aliphatic heterocycles. The number of esters is 1. The highest BCUT2D eigenvalue weighted by Crippen LogP contribution is 2.61. The molecule has 0 spiro atoms. The summed E-state index contributed by atoms with van der Waals surface area (Å²) in [4.78, 5) is 24.3. The average Bonchev–Trinajstić information content (AvgIpc) is 2.58. The van der Waals surface area contributed by atoms with Gasteiger partial charge in [0, 0.05) is 12.0 Å². The Morgan fingerprint density at radius 2 is 1.78 bits per heavy atom. The van der Waals surface area contributed by atoms with Gasteiger partial charge in [-0.25, -0.2) is 4.39 Å². The maximum Gasteiger partial charge on any atom is 0.325 e. The summed E-state index contributed by atoms with van der Waals surface area (Å²) in [7, 11) is 0. The Kier molecular flexibility index (Phi) is 5.15. The van der Waals surface area contributed by atoms with Crippen LogP contribution >= 0.6 is 11.6 Å². The number of halogens is 2. The second-order valence-corrected chi connectivity index (χ2v) is 9.14. The van der Waals surface area contributed by atoms with E-state index >= 15 is 0 Å². The van der Waals surface area contributed by atoms with Gasteiger partial charge in [-0.1, -0.05) is 17.7 Å². The summed E-state index contributed by atoms with van der Waals surface area (Å²) in [5.74, 6) is 1.19. The Morgan fingerprint density at radius 3 is 2.37 bits per heavy atom. The molecule has 0 aromatic heterocycles. The number of rotatable bonds is 6. The molecule has 0 heterocycles. The number of carbonyl (C=O) groups is 2. The minimum atomic E-state index is -0.590. The van der Waals surface area contributed by atoms with E-state index in [1.54, 1.807) is 6.07 Å². The number of hydrogen-bond donors (Lipinski definition) is 1. The molecular formula is C21H25ClFNO3. The molecule has 1 amide bonds. The van der Waals surface area contributed by atoms with Gasteiger partial charge in [0.2, 0.25) is 5.91 Å². The van der Waals surface area contributed by atoms with Crippen molar-refractivity contribution in [2.24, 2.45) is 23.2 Å². The lowest BCUT2D eigenvalue weighted by atomic mass is 9.49. The van der Waals surface area contributed by atoms with Crippen molar-refractivity contribution in [1.82, 2.24) is 5.32 Å². The van der Waals surface area contributed by atoms with Gasteiger partial charge < -0.3 is 10.1 Å². The molecule has 0 unspecified atom stereocenters. The molecule has 4 aliphatic carbocycles. The average molecular weight is 394 g/mol. The highest BCUT2D eigenvalue weighted by molar-refractivity contribution is 6.31. The maximum absolute atomic E-state index is 13.7. The van der Waals surface area contributed by atoms with Crippen LogP contribution in [0, 0.1) is 29.0 Å². The molecule has 4 aliphatic rings. The first-order valence-corrected chi connectivity index (χ1v) is 10.2. The zero-order valence-corrected chi connectivity index (χ0v) is 16.1. The molecule has 6 heteroatoms. The van der Waals surface area contributed by atoms with Crippen molar-refractivity contribution in [3.63, 3.8) is 0 Å². The number of carbonyl (C=O) groups excluding carboxylic acids is 2. The van der Waals surface area contributed by atoms with Crippen LogP contribution in [0.5, 0.6) is 0 Å². The van der Waals surface area contributed by atoms with Crippen LogP contribution in [0.2, 0.25) is 5.02 Å². The highest BCUT2D eigenvalue weighted by Gasteiger charge is 2.51. The minimum absolute atomic E-state index is 0.0853. The fourth-order valence-electron chi connectivity index (χ4n) is 5.95. The molecule has 4 saturated carbocycles. The van der Waals surface area contributed by atoms with Crippen molar-refractivity contribution in [2.75, 3.05) is 6.54 Å². The molecule has 27 heavy (non-hydrogen) atoms. The molecule has 0 saturated heterocycles. The number of amides is 1. The van der Waals surface area contributed by atoms with Crippen LogP contribution < -0.4 is 5.32 Å². The van der Waals surface area contributed by atoms with Gasteiger partial charge in [-0.2, -0.15) is 0 Å². The SMILES string of the molecule is O=C(CC12CC3CC(CC(C3)C1)C2)NCC(=O)OCc1c(F)cccc1Cl. The molecule has 4 fully saturated rings. The molecule has 0 radical (unpaired) electrons. The van der Waals surface area contributed by atoms with E-state index < -0.39 is 11.8 Å². The normalized spacial score (nSPS) is 31.0. The number of benzene rings is 1. The van der Waals surface area contributed by atoms with E-state index in [1.807, 2.05) is 0 Å². The first kappa shape index (κ1) is 18.7. The molecule has 1 aromatic rings. The van der Waals surface area contributed by atoms with E-state index in [0.29, 0.717) is 6.42 Å². The summed E-state index contributed by atoms with van der Waals surface area (Å²) in [6.07, 6.45) is 7.99. The topological polar surface area (TPSA) is 55.4 Å². The summed E-state index contributed by atoms with van der Waals surface area (Å²) in [5.41, 5.74) is 0.288. The Hall–Kier alpha value is -1.62. The molecule has 1 aromatic carbocycles. The van der Waals surface area contributed by atoms with Gasteiger partial charge in [-0.15, -0.1) is 0 Å². The zero-order valence-electron chi connectivity index (χ0n) is 15.3. The third-order valence-corrected chi connectivity index (χ3v) is 6.92. The molecule has 4 nitrogen and oxygen atoms in total. The van der Waals surface area contributed by atoms with E-state index in [-0.39, 0.29) is 35.1 Å². The van der Waals surface area contributed by atoms with Crippen molar-refractivity contribution in [3.05, 3.63) is 34.6 Å². The fraction of sp³-hybridized carbons (Fsp3) is 0.619. The Labute approximate surface area is 163 Å². The van der Waals surface area contributed by atoms with E-state index in [9.17, 15) is 14.0 Å². The summed E-state index contributed by atoms with van der Waals surface area (Å²) < 4.78 is 18.7. The predicted octanol–water partition coefficient (Wildman–Crippen LogP) is 4.25. The van der Waals surface area contributed by atoms with Crippen molar-refractivity contribution in [3.8, 4) is 0 Å². The van der Waals surface area contributed by atoms with Gasteiger partial charge in [-0.05, 0) is 73.8 Å². The van der Waals surface area contributed by atoms with Crippen molar-refractivity contribution >= 4 is 23.5 Å². The quantitative estimate of drug-likeness (QED) is 0.735. The number of nitrogens with one attached hydrogen (secondary N) is 1. The Balaban J connectivity index is 1.24. The van der Waals surface area contributed by atoms with Crippen LogP contribution in [0.1, 0.15) is 50.5 Å². The smallest absolute Gasteiger partial charge is 0.325 e. The molecule has 0 atom stereocenters. The van der Waals surface area contributed by atoms with E-state index in [4.69, 9.17) is 16.3 Å². The van der Waals surface area contributed by atoms with Gasteiger partial charge in [0.15, 0.2) is 0 Å². The zero-order chi connectivity index (χ0) is 19.0. The van der Waals surface area contributed by atoms with E-state index in [1.165, 1.54) is 31.4 Å². The van der Waals surface area contributed by atoms with E-state index in [2.05, 4.69) is 5.32 Å². The van der Waals surface area contributed by atoms with Gasteiger partial charge in [0.1, 0.15) is 19.0 Å². The lowest BCUT2D eigenvalue weighted by Gasteiger charge is -2.56. The van der Waals surface area contributed by atoms with Crippen LogP contribution in [0.15, 0.2) is 18.2 Å². The first-order chi connectivity index (χ1) is 12.9. The first-order valence-electron chi connectivity index (χ1n) is 9.78. The van der Waals surface area contributed by atoms with Gasteiger partial charge in [0.05, 0.1) is 5.02 Å². The van der Waals surface area contributed by atoms with Crippen LogP contribution in [0.4, 0.5) is 4.39 Å². The molecule has 146 valence electrons. The van der Waals surface area contributed by atoms with Crippen molar-refractivity contribution in [1.29, 1.82) is 0 Å². The number of ether oxygens (including phenoxy) is 1. The lowest BCUT2D eigenvalue weighted by Crippen LogP contribution is -2.48. The van der Waals surface area contributed by atoms with Crippen molar-refractivity contribution in [2.45, 2.75) is 51.6 Å². The summed E-state index contributed by atoms with van der Waals surface area (Å²) in [6.45, 7) is -0.438. The lowest BCUT2D eigenvalue weighted by molar-refractivity contribution is -0.146. The fourth-order valence-corrected chi connectivity index (χ4v) is 6.17. The minimum Gasteiger partial charge on any atom is -0.459 e.